The number of rotatable bonds is 19. The molecule has 0 saturated carbocycles. The van der Waals surface area contributed by atoms with Crippen LogP contribution >= 0.6 is 8.03 Å². The number of hydrogen-bond donors (Lipinski definition) is 1. The van der Waals surface area contributed by atoms with E-state index < -0.39 is 20.2 Å². The first kappa shape index (κ1) is 27.2. The smallest absolute Gasteiger partial charge is 0.189 e. The van der Waals surface area contributed by atoms with Crippen molar-refractivity contribution < 1.29 is 23.7 Å². The summed E-state index contributed by atoms with van der Waals surface area (Å²) in [6.45, 7) is 4.36. The maximum atomic E-state index is 11.5. The van der Waals surface area contributed by atoms with Gasteiger partial charge in [0.15, 0.2) is 8.03 Å². The second-order valence-electron chi connectivity index (χ2n) is 8.57. The predicted octanol–water partition coefficient (Wildman–Crippen LogP) is 4.69. The van der Waals surface area contributed by atoms with Crippen LogP contribution in [-0.4, -0.2) is 57.1 Å². The summed E-state index contributed by atoms with van der Waals surface area (Å²) in [5.74, 6) is 0. The lowest BCUT2D eigenvalue weighted by Gasteiger charge is -2.22. The first-order valence-corrected chi connectivity index (χ1v) is 14.0. The third-order valence-electron chi connectivity index (χ3n) is 5.83. The highest BCUT2D eigenvalue weighted by atomic mass is 31.1. The zero-order chi connectivity index (χ0) is 21.3. The number of aliphatic hydroxyl groups is 1. The average molecular weight is 432 g/mol. The summed E-state index contributed by atoms with van der Waals surface area (Å²) in [5.41, 5.74) is 0. The van der Waals surface area contributed by atoms with Crippen LogP contribution < -0.4 is 0 Å². The van der Waals surface area contributed by atoms with Gasteiger partial charge in [-0.1, -0.05) is 90.4 Å². The summed E-state index contributed by atoms with van der Waals surface area (Å²) in [6.07, 6.45) is 17.6. The summed E-state index contributed by atoms with van der Waals surface area (Å²) >= 11 is 0. The largest absolute Gasteiger partial charge is 0.394 e. The molecule has 0 aromatic rings. The van der Waals surface area contributed by atoms with E-state index in [1.165, 1.54) is 83.5 Å². The van der Waals surface area contributed by atoms with Crippen LogP contribution in [0.4, 0.5) is 0 Å². The van der Waals surface area contributed by atoms with Gasteiger partial charge in [0.1, 0.15) is 26.2 Å². The van der Waals surface area contributed by atoms with E-state index >= 15 is 0 Å². The monoisotopic (exact) mass is 432 g/mol. The Morgan fingerprint density at radius 3 is 1.79 bits per heavy atom. The van der Waals surface area contributed by atoms with Gasteiger partial charge in [-0.05, 0) is 6.42 Å². The lowest BCUT2D eigenvalue weighted by atomic mass is 9.93. The molecule has 1 aliphatic heterocycles. The van der Waals surface area contributed by atoms with E-state index in [4.69, 9.17) is 14.0 Å². The van der Waals surface area contributed by atoms with Gasteiger partial charge in [-0.15, -0.1) is 0 Å². The lowest BCUT2D eigenvalue weighted by Crippen LogP contribution is -2.37. The summed E-state index contributed by atoms with van der Waals surface area (Å²) < 4.78 is 28.7. The van der Waals surface area contributed by atoms with E-state index in [-0.39, 0.29) is 18.7 Å². The molecular formula is C22H46BO5P. The van der Waals surface area contributed by atoms with Crippen LogP contribution in [-0.2, 0) is 18.6 Å². The zero-order valence-electron chi connectivity index (χ0n) is 19.2. The van der Waals surface area contributed by atoms with Gasteiger partial charge < -0.3 is 19.1 Å². The molecule has 1 fully saturated rings. The van der Waals surface area contributed by atoms with Crippen molar-refractivity contribution in [2.45, 2.75) is 121 Å². The highest BCUT2D eigenvalue weighted by Crippen LogP contribution is 2.32. The predicted molar refractivity (Wildman–Crippen MR) is 124 cm³/mol. The van der Waals surface area contributed by atoms with Crippen molar-refractivity contribution in [3.63, 3.8) is 0 Å². The molecule has 1 saturated heterocycles. The molecule has 0 aromatic carbocycles. The molecule has 5 nitrogen and oxygen atoms in total. The normalized spacial score (nSPS) is 25.5. The average Bonchev–Trinajstić information content (AvgIpc) is 2.99. The SMILES string of the molecule is BC1OC(CO)C(O[PH](C)=O)C1OCCCCCCCCCCCCCCCC. The number of ether oxygens (including phenoxy) is 2. The Kier molecular flexibility index (Phi) is 16.7. The Morgan fingerprint density at radius 2 is 1.34 bits per heavy atom. The van der Waals surface area contributed by atoms with Crippen LogP contribution in [0, 0.1) is 0 Å². The van der Waals surface area contributed by atoms with Crippen molar-refractivity contribution in [3.8, 4) is 0 Å². The third-order valence-corrected chi connectivity index (χ3v) is 6.44. The molecule has 0 spiro atoms. The highest BCUT2D eigenvalue weighted by molar-refractivity contribution is 7.38. The number of unbranched alkanes of at least 4 members (excludes halogenated alkanes) is 13. The second-order valence-corrected chi connectivity index (χ2v) is 9.79. The Bertz CT molecular complexity index is 413. The molecule has 0 aliphatic carbocycles. The highest BCUT2D eigenvalue weighted by Gasteiger charge is 2.44. The Morgan fingerprint density at radius 1 is 0.862 bits per heavy atom. The summed E-state index contributed by atoms with van der Waals surface area (Å²) in [6, 6.07) is -0.148. The fourth-order valence-electron chi connectivity index (χ4n) is 4.14. The van der Waals surface area contributed by atoms with Crippen LogP contribution in [0.2, 0.25) is 0 Å². The summed E-state index contributed by atoms with van der Waals surface area (Å²) in [5, 5.41) is 9.44. The van der Waals surface area contributed by atoms with Crippen molar-refractivity contribution in [3.05, 3.63) is 0 Å². The van der Waals surface area contributed by atoms with E-state index in [0.717, 1.165) is 6.42 Å². The standard InChI is InChI=1S/C22H46BO5P/c1-3-4-5-6-7-8-9-10-11-12-13-14-15-16-17-26-21-20(28-29(2)25)19(18-24)27-22(21)23/h19-22,24,29H,3-18,23H2,1-2H3. The molecule has 5 atom stereocenters. The van der Waals surface area contributed by atoms with E-state index in [0.29, 0.717) is 6.61 Å². The second kappa shape index (κ2) is 17.8. The maximum absolute atomic E-state index is 11.5. The number of hydrogen-bond acceptors (Lipinski definition) is 5. The third kappa shape index (κ3) is 12.5. The molecule has 0 bridgehead atoms. The first-order chi connectivity index (χ1) is 14.1. The van der Waals surface area contributed by atoms with Gasteiger partial charge in [0.2, 0.25) is 0 Å². The van der Waals surface area contributed by atoms with Gasteiger partial charge in [-0.3, -0.25) is 4.57 Å². The van der Waals surface area contributed by atoms with Crippen LogP contribution in [0.1, 0.15) is 96.8 Å². The van der Waals surface area contributed by atoms with Gasteiger partial charge in [0, 0.05) is 13.3 Å². The molecule has 29 heavy (non-hydrogen) atoms. The van der Waals surface area contributed by atoms with Crippen molar-refractivity contribution in [2.75, 3.05) is 19.9 Å². The minimum atomic E-state index is -2.10. The summed E-state index contributed by atoms with van der Waals surface area (Å²) in [4.78, 5) is 0. The summed E-state index contributed by atoms with van der Waals surface area (Å²) in [7, 11) is -0.170. The van der Waals surface area contributed by atoms with E-state index in [9.17, 15) is 9.67 Å². The maximum Gasteiger partial charge on any atom is 0.189 e. The quantitative estimate of drug-likeness (QED) is 0.182. The van der Waals surface area contributed by atoms with Crippen LogP contribution in [0.3, 0.4) is 0 Å². The van der Waals surface area contributed by atoms with E-state index in [1.54, 1.807) is 6.66 Å². The van der Waals surface area contributed by atoms with Gasteiger partial charge in [-0.25, -0.2) is 0 Å². The molecule has 0 amide bonds. The Balaban J connectivity index is 1.96. The Labute approximate surface area is 180 Å². The van der Waals surface area contributed by atoms with Gasteiger partial charge in [-0.2, -0.15) is 0 Å². The molecule has 5 unspecified atom stereocenters. The minimum Gasteiger partial charge on any atom is -0.394 e. The molecule has 7 heteroatoms. The van der Waals surface area contributed by atoms with Crippen molar-refractivity contribution in [1.82, 2.24) is 0 Å². The minimum absolute atomic E-state index is 0.136. The molecule has 1 aliphatic rings. The molecule has 1 heterocycles. The van der Waals surface area contributed by atoms with Gasteiger partial charge >= 0.3 is 0 Å². The van der Waals surface area contributed by atoms with Crippen LogP contribution in [0.15, 0.2) is 0 Å². The van der Waals surface area contributed by atoms with Crippen molar-refractivity contribution >= 4 is 15.9 Å². The Hall–Kier alpha value is 0.135. The molecule has 172 valence electrons. The first-order valence-electron chi connectivity index (χ1n) is 12.1. The van der Waals surface area contributed by atoms with E-state index in [1.807, 2.05) is 7.85 Å². The van der Waals surface area contributed by atoms with Crippen molar-refractivity contribution in [1.29, 1.82) is 0 Å². The molecule has 1 rings (SSSR count). The van der Waals surface area contributed by atoms with Crippen LogP contribution in [0.5, 0.6) is 0 Å². The molecule has 0 radical (unpaired) electrons. The van der Waals surface area contributed by atoms with E-state index in [2.05, 4.69) is 6.92 Å². The topological polar surface area (TPSA) is 65.0 Å². The molecular weight excluding hydrogens is 386 g/mol. The molecule has 1 N–H and O–H groups in total. The molecule has 0 aromatic heterocycles. The fraction of sp³-hybridized carbons (Fsp3) is 1.00. The lowest BCUT2D eigenvalue weighted by molar-refractivity contribution is -0.0132. The van der Waals surface area contributed by atoms with Crippen molar-refractivity contribution in [2.24, 2.45) is 0 Å². The fourth-order valence-corrected chi connectivity index (χ4v) is 4.81. The van der Waals surface area contributed by atoms with Gasteiger partial charge in [0.25, 0.3) is 0 Å². The number of aliphatic hydroxyl groups excluding tert-OH is 1. The van der Waals surface area contributed by atoms with Gasteiger partial charge in [0.05, 0.1) is 12.6 Å². The zero-order valence-corrected chi connectivity index (χ0v) is 20.2. The van der Waals surface area contributed by atoms with Crippen LogP contribution in [0.25, 0.3) is 0 Å².